The van der Waals surface area contributed by atoms with E-state index in [-0.39, 0.29) is 29.0 Å². The van der Waals surface area contributed by atoms with Crippen LogP contribution in [-0.4, -0.2) is 57.9 Å². The van der Waals surface area contributed by atoms with E-state index in [9.17, 15) is 14.0 Å². The summed E-state index contributed by atoms with van der Waals surface area (Å²) in [6.07, 6.45) is 2.59. The first-order chi connectivity index (χ1) is 13.0. The number of fused-ring (bicyclic) bond motifs is 3. The third-order valence-electron chi connectivity index (χ3n) is 5.66. The molecule has 3 aliphatic rings. The van der Waals surface area contributed by atoms with Crippen molar-refractivity contribution in [3.05, 3.63) is 28.3 Å². The van der Waals surface area contributed by atoms with Crippen LogP contribution in [0, 0.1) is 5.82 Å². The Bertz CT molecular complexity index is 1000. The van der Waals surface area contributed by atoms with Gasteiger partial charge in [-0.2, -0.15) is 0 Å². The quantitative estimate of drug-likeness (QED) is 0.820. The fraction of sp³-hybridized carbons (Fsp3) is 0.500. The minimum atomic E-state index is -1.57. The lowest BCUT2D eigenvalue weighted by Gasteiger charge is -2.35. The predicted molar refractivity (Wildman–Crippen MR) is 95.1 cm³/mol. The molecule has 142 valence electrons. The van der Waals surface area contributed by atoms with Crippen LogP contribution in [0.2, 0.25) is 0 Å². The van der Waals surface area contributed by atoms with Crippen molar-refractivity contribution in [2.24, 2.45) is 0 Å². The fourth-order valence-electron chi connectivity index (χ4n) is 4.19. The zero-order valence-corrected chi connectivity index (χ0v) is 14.6. The van der Waals surface area contributed by atoms with Gasteiger partial charge in [0.1, 0.15) is 5.65 Å². The number of carboxylic acid groups (broad SMARTS) is 1. The number of hydrogen-bond acceptors (Lipinski definition) is 6. The fourth-order valence-corrected chi connectivity index (χ4v) is 4.19. The molecule has 8 nitrogen and oxygen atoms in total. The lowest BCUT2D eigenvalue weighted by atomic mass is 10.2. The molecule has 2 atom stereocenters. The number of piperazine rings is 1. The van der Waals surface area contributed by atoms with Crippen LogP contribution in [0.1, 0.15) is 25.3 Å². The zero-order valence-electron chi connectivity index (χ0n) is 14.6. The van der Waals surface area contributed by atoms with Crippen molar-refractivity contribution in [2.75, 3.05) is 31.1 Å². The van der Waals surface area contributed by atoms with Crippen molar-refractivity contribution in [3.63, 3.8) is 0 Å². The standard InChI is InChI=1S/C18H19FN4O4/c19-13-7-12-15(24)14(27-18(25)26)9-23(10-1-2-10)16(12)20-17(13)22-6-5-21-4-3-11(22)8-21/h7,9-11H,1-6,8H2,(H,25,26). The Labute approximate surface area is 153 Å². The first-order valence-electron chi connectivity index (χ1n) is 9.16. The van der Waals surface area contributed by atoms with Crippen molar-refractivity contribution in [2.45, 2.75) is 31.3 Å². The average Bonchev–Trinajstić information content (AvgIpc) is 3.41. The number of hydrogen-bond donors (Lipinski definition) is 1. The summed E-state index contributed by atoms with van der Waals surface area (Å²) in [5.41, 5.74) is -0.273. The lowest BCUT2D eigenvalue weighted by Crippen LogP contribution is -2.47. The third-order valence-corrected chi connectivity index (χ3v) is 5.66. The minimum absolute atomic E-state index is 0.0481. The number of halogens is 1. The van der Waals surface area contributed by atoms with E-state index in [1.165, 1.54) is 12.3 Å². The molecule has 2 aromatic heterocycles. The molecule has 2 bridgehead atoms. The van der Waals surface area contributed by atoms with Crippen LogP contribution >= 0.6 is 0 Å². The molecule has 3 fully saturated rings. The Morgan fingerprint density at radius 3 is 2.78 bits per heavy atom. The maximum Gasteiger partial charge on any atom is 0.511 e. The van der Waals surface area contributed by atoms with E-state index in [0.29, 0.717) is 12.2 Å². The minimum Gasteiger partial charge on any atom is -0.449 e. The summed E-state index contributed by atoms with van der Waals surface area (Å²) in [7, 11) is 0. The highest BCUT2D eigenvalue weighted by atomic mass is 19.1. The van der Waals surface area contributed by atoms with Gasteiger partial charge in [-0.1, -0.05) is 0 Å². The maximum atomic E-state index is 14.9. The van der Waals surface area contributed by atoms with E-state index in [1.807, 2.05) is 4.90 Å². The number of anilines is 1. The van der Waals surface area contributed by atoms with Crippen LogP contribution in [0.5, 0.6) is 5.75 Å². The van der Waals surface area contributed by atoms with Gasteiger partial charge in [-0.05, 0) is 25.3 Å². The van der Waals surface area contributed by atoms with Crippen molar-refractivity contribution < 1.29 is 19.0 Å². The van der Waals surface area contributed by atoms with E-state index in [2.05, 4.69) is 14.6 Å². The van der Waals surface area contributed by atoms with Crippen LogP contribution in [-0.2, 0) is 0 Å². The Morgan fingerprint density at radius 2 is 2.04 bits per heavy atom. The van der Waals surface area contributed by atoms with Crippen molar-refractivity contribution in [3.8, 4) is 5.75 Å². The number of pyridine rings is 2. The summed E-state index contributed by atoms with van der Waals surface area (Å²) in [6, 6.07) is 1.53. The maximum absolute atomic E-state index is 14.9. The van der Waals surface area contributed by atoms with Gasteiger partial charge in [0.2, 0.25) is 5.43 Å². The molecule has 2 aliphatic heterocycles. The van der Waals surface area contributed by atoms with E-state index >= 15 is 0 Å². The van der Waals surface area contributed by atoms with Crippen molar-refractivity contribution in [1.29, 1.82) is 0 Å². The Kier molecular flexibility index (Phi) is 3.61. The van der Waals surface area contributed by atoms with Crippen LogP contribution in [0.3, 0.4) is 0 Å². The highest BCUT2D eigenvalue weighted by Crippen LogP contribution is 2.38. The summed E-state index contributed by atoms with van der Waals surface area (Å²) >= 11 is 0. The van der Waals surface area contributed by atoms with E-state index < -0.39 is 17.4 Å². The number of rotatable bonds is 3. The van der Waals surface area contributed by atoms with Gasteiger partial charge in [0.15, 0.2) is 17.4 Å². The lowest BCUT2D eigenvalue weighted by molar-refractivity contribution is 0.143. The Balaban J connectivity index is 1.67. The molecule has 2 aromatic rings. The summed E-state index contributed by atoms with van der Waals surface area (Å²) in [5.74, 6) is -0.607. The van der Waals surface area contributed by atoms with Crippen LogP contribution in [0.4, 0.5) is 15.0 Å². The van der Waals surface area contributed by atoms with Crippen LogP contribution < -0.4 is 15.1 Å². The monoisotopic (exact) mass is 374 g/mol. The molecule has 0 radical (unpaired) electrons. The number of nitrogens with zero attached hydrogens (tertiary/aromatic N) is 4. The summed E-state index contributed by atoms with van der Waals surface area (Å²) in [6.45, 7) is 3.49. The van der Waals surface area contributed by atoms with E-state index in [1.54, 1.807) is 4.57 Å². The van der Waals surface area contributed by atoms with E-state index in [0.717, 1.165) is 38.9 Å². The predicted octanol–water partition coefficient (Wildman–Crippen LogP) is 1.82. The van der Waals surface area contributed by atoms with Crippen molar-refractivity contribution in [1.82, 2.24) is 14.5 Å². The van der Waals surface area contributed by atoms with E-state index in [4.69, 9.17) is 5.11 Å². The second-order valence-electron chi connectivity index (χ2n) is 7.43. The topological polar surface area (TPSA) is 87.9 Å². The SMILES string of the molecule is O=C(O)Oc1cn(C2CC2)c2nc(N3CCN4CCC3C4)c(F)cc2c1=O. The van der Waals surface area contributed by atoms with Crippen LogP contribution in [0.25, 0.3) is 11.0 Å². The number of carbonyl (C=O) groups is 1. The van der Waals surface area contributed by atoms with Crippen LogP contribution in [0.15, 0.2) is 17.1 Å². The highest BCUT2D eigenvalue weighted by Gasteiger charge is 2.35. The Hall–Kier alpha value is -2.68. The van der Waals surface area contributed by atoms with Gasteiger partial charge in [-0.15, -0.1) is 0 Å². The van der Waals surface area contributed by atoms with Crippen molar-refractivity contribution >= 4 is 23.0 Å². The molecular weight excluding hydrogens is 355 g/mol. The van der Waals surface area contributed by atoms with Gasteiger partial charge < -0.3 is 19.3 Å². The summed E-state index contributed by atoms with van der Waals surface area (Å²) < 4.78 is 21.3. The highest BCUT2D eigenvalue weighted by molar-refractivity contribution is 5.80. The first-order valence-corrected chi connectivity index (χ1v) is 9.16. The molecule has 27 heavy (non-hydrogen) atoms. The molecular formula is C18H19FN4O4. The van der Waals surface area contributed by atoms with Gasteiger partial charge >= 0.3 is 6.16 Å². The molecule has 1 N–H and O–H groups in total. The third kappa shape index (κ3) is 2.73. The molecule has 5 rings (SSSR count). The van der Waals surface area contributed by atoms with Gasteiger partial charge in [-0.25, -0.2) is 14.2 Å². The molecule has 2 saturated heterocycles. The molecule has 1 saturated carbocycles. The zero-order chi connectivity index (χ0) is 18.7. The Morgan fingerprint density at radius 1 is 1.22 bits per heavy atom. The normalized spacial score (nSPS) is 24.4. The second-order valence-corrected chi connectivity index (χ2v) is 7.43. The van der Waals surface area contributed by atoms with Gasteiger partial charge in [-0.3, -0.25) is 9.69 Å². The second kappa shape index (κ2) is 5.91. The summed E-state index contributed by atoms with van der Waals surface area (Å²) in [4.78, 5) is 32.4. The number of ether oxygens (including phenoxy) is 1. The smallest absolute Gasteiger partial charge is 0.449 e. The largest absolute Gasteiger partial charge is 0.511 e. The van der Waals surface area contributed by atoms with Gasteiger partial charge in [0, 0.05) is 38.3 Å². The molecule has 0 spiro atoms. The van der Waals surface area contributed by atoms with Gasteiger partial charge in [0.05, 0.1) is 11.6 Å². The molecule has 0 aromatic carbocycles. The molecule has 4 heterocycles. The van der Waals surface area contributed by atoms with Gasteiger partial charge in [0.25, 0.3) is 0 Å². The molecule has 0 amide bonds. The molecule has 1 aliphatic carbocycles. The molecule has 9 heteroatoms. The average molecular weight is 374 g/mol. The number of aromatic nitrogens is 2. The first kappa shape index (κ1) is 16.5. The molecule has 2 unspecified atom stereocenters. The summed E-state index contributed by atoms with van der Waals surface area (Å²) in [5, 5.41) is 8.92.